The molecule has 27 heavy (non-hydrogen) atoms. The van der Waals surface area contributed by atoms with E-state index in [-0.39, 0.29) is 6.61 Å². The third-order valence-electron chi connectivity index (χ3n) is 3.85. The lowest BCUT2D eigenvalue weighted by Gasteiger charge is -2.20. The van der Waals surface area contributed by atoms with Crippen molar-refractivity contribution in [1.82, 2.24) is 9.78 Å². The summed E-state index contributed by atoms with van der Waals surface area (Å²) in [5.74, 6) is -0.00662. The first-order valence-corrected chi connectivity index (χ1v) is 9.12. The maximum atomic E-state index is 12.5. The number of hydrogen-bond donors (Lipinski definition) is 0. The molecule has 5 nitrogen and oxygen atoms in total. The zero-order valence-electron chi connectivity index (χ0n) is 14.9. The number of nitrogens with zero attached hydrogens (tertiary/aromatic N) is 2. The number of carbonyl (C=O) groups excluding carboxylic acids is 1. The SMILES string of the molecule is CCOC(=O)C(Oc1ccc(Cl)cc1-c1ccn(C)n1)c1ccc(Cl)cc1. The Morgan fingerprint density at radius 2 is 1.81 bits per heavy atom. The molecule has 0 aliphatic heterocycles. The number of benzene rings is 2. The van der Waals surface area contributed by atoms with Crippen molar-refractivity contribution in [3.63, 3.8) is 0 Å². The molecule has 0 N–H and O–H groups in total. The van der Waals surface area contributed by atoms with Crippen molar-refractivity contribution < 1.29 is 14.3 Å². The Kier molecular flexibility index (Phi) is 6.04. The number of aromatic nitrogens is 2. The predicted octanol–water partition coefficient (Wildman–Crippen LogP) is 5.08. The summed E-state index contributed by atoms with van der Waals surface area (Å²) >= 11 is 12.1. The molecule has 1 aromatic heterocycles. The van der Waals surface area contributed by atoms with Gasteiger partial charge in [-0.25, -0.2) is 4.79 Å². The van der Waals surface area contributed by atoms with Crippen LogP contribution in [0.25, 0.3) is 11.3 Å². The highest BCUT2D eigenvalue weighted by Crippen LogP contribution is 2.35. The topological polar surface area (TPSA) is 53.4 Å². The van der Waals surface area contributed by atoms with Gasteiger partial charge in [-0.3, -0.25) is 4.68 Å². The molecule has 1 heterocycles. The summed E-state index contributed by atoms with van der Waals surface area (Å²) < 4.78 is 13.0. The van der Waals surface area contributed by atoms with Gasteiger partial charge in [-0.05, 0) is 43.3 Å². The molecule has 1 unspecified atom stereocenters. The quantitative estimate of drug-likeness (QED) is 0.537. The van der Waals surface area contributed by atoms with Crippen molar-refractivity contribution in [1.29, 1.82) is 0 Å². The van der Waals surface area contributed by atoms with Gasteiger partial charge < -0.3 is 9.47 Å². The Bertz CT molecular complexity index is 939. The maximum Gasteiger partial charge on any atom is 0.352 e. The van der Waals surface area contributed by atoms with E-state index in [1.165, 1.54) is 0 Å². The van der Waals surface area contributed by atoms with Crippen LogP contribution in [0.1, 0.15) is 18.6 Å². The van der Waals surface area contributed by atoms with Crippen molar-refractivity contribution in [2.24, 2.45) is 7.05 Å². The highest BCUT2D eigenvalue weighted by Gasteiger charge is 2.26. The van der Waals surface area contributed by atoms with Crippen LogP contribution in [0.5, 0.6) is 5.75 Å². The number of halogens is 2. The first kappa shape index (κ1) is 19.3. The van der Waals surface area contributed by atoms with E-state index in [0.717, 1.165) is 0 Å². The number of hydrogen-bond acceptors (Lipinski definition) is 4. The normalized spacial score (nSPS) is 11.9. The highest BCUT2D eigenvalue weighted by atomic mass is 35.5. The van der Waals surface area contributed by atoms with Crippen molar-refractivity contribution in [3.05, 3.63) is 70.3 Å². The molecule has 0 spiro atoms. The van der Waals surface area contributed by atoms with Crippen LogP contribution >= 0.6 is 23.2 Å². The fraction of sp³-hybridized carbons (Fsp3) is 0.200. The summed E-state index contributed by atoms with van der Waals surface area (Å²) in [6.07, 6.45) is 0.882. The zero-order chi connectivity index (χ0) is 19.4. The van der Waals surface area contributed by atoms with Gasteiger partial charge in [0.05, 0.1) is 12.3 Å². The van der Waals surface area contributed by atoms with Crippen LogP contribution in [0.3, 0.4) is 0 Å². The fourth-order valence-corrected chi connectivity index (χ4v) is 2.90. The molecule has 7 heteroatoms. The molecule has 0 aliphatic rings. The minimum absolute atomic E-state index is 0.250. The predicted molar refractivity (Wildman–Crippen MR) is 105 cm³/mol. The second-order valence-electron chi connectivity index (χ2n) is 5.82. The average molecular weight is 405 g/mol. The highest BCUT2D eigenvalue weighted by molar-refractivity contribution is 6.31. The van der Waals surface area contributed by atoms with Crippen LogP contribution in [0, 0.1) is 0 Å². The Labute approximate surface area is 167 Å². The first-order chi connectivity index (χ1) is 13.0. The molecule has 0 radical (unpaired) electrons. The Balaban J connectivity index is 2.01. The molecule has 3 rings (SSSR count). The number of rotatable bonds is 6. The van der Waals surface area contributed by atoms with Crippen molar-refractivity contribution in [3.8, 4) is 17.0 Å². The number of ether oxygens (including phenoxy) is 2. The number of aryl methyl sites for hydroxylation is 1. The minimum atomic E-state index is -0.939. The Morgan fingerprint density at radius 1 is 1.11 bits per heavy atom. The molecular weight excluding hydrogens is 387 g/mol. The largest absolute Gasteiger partial charge is 0.473 e. The van der Waals surface area contributed by atoms with Crippen LogP contribution in [0.4, 0.5) is 0 Å². The van der Waals surface area contributed by atoms with Crippen molar-refractivity contribution in [2.75, 3.05) is 6.61 Å². The van der Waals surface area contributed by atoms with E-state index in [9.17, 15) is 4.79 Å². The minimum Gasteiger partial charge on any atom is -0.473 e. The number of carbonyl (C=O) groups is 1. The first-order valence-electron chi connectivity index (χ1n) is 8.36. The molecule has 0 bridgehead atoms. The molecule has 2 aromatic carbocycles. The molecule has 0 fully saturated rings. The smallest absolute Gasteiger partial charge is 0.352 e. The van der Waals surface area contributed by atoms with E-state index in [2.05, 4.69) is 5.10 Å². The Hall–Kier alpha value is -2.50. The van der Waals surface area contributed by atoms with Gasteiger partial charge in [-0.1, -0.05) is 35.3 Å². The summed E-state index contributed by atoms with van der Waals surface area (Å²) in [6.45, 7) is 2.00. The third-order valence-corrected chi connectivity index (χ3v) is 4.34. The molecule has 3 aromatic rings. The van der Waals surface area contributed by atoms with Gasteiger partial charge in [-0.15, -0.1) is 0 Å². The van der Waals surface area contributed by atoms with Gasteiger partial charge in [0.15, 0.2) is 0 Å². The van der Waals surface area contributed by atoms with Crippen molar-refractivity contribution in [2.45, 2.75) is 13.0 Å². The monoisotopic (exact) mass is 404 g/mol. The summed E-state index contributed by atoms with van der Waals surface area (Å²) in [6, 6.07) is 13.9. The summed E-state index contributed by atoms with van der Waals surface area (Å²) in [5.41, 5.74) is 2.01. The van der Waals surface area contributed by atoms with E-state index in [1.807, 2.05) is 19.3 Å². The standard InChI is InChI=1S/C20H18Cl2N2O3/c1-3-26-20(25)19(13-4-6-14(21)7-5-13)27-18-9-8-15(22)12-16(18)17-10-11-24(2)23-17/h4-12,19H,3H2,1-2H3. The maximum absolute atomic E-state index is 12.5. The summed E-state index contributed by atoms with van der Waals surface area (Å²) in [5, 5.41) is 5.51. The van der Waals surface area contributed by atoms with E-state index in [1.54, 1.807) is 54.1 Å². The van der Waals surface area contributed by atoms with Crippen LogP contribution < -0.4 is 4.74 Å². The summed E-state index contributed by atoms with van der Waals surface area (Å²) in [7, 11) is 1.82. The third kappa shape index (κ3) is 4.62. The lowest BCUT2D eigenvalue weighted by molar-refractivity contribution is -0.151. The number of esters is 1. The zero-order valence-corrected chi connectivity index (χ0v) is 16.4. The summed E-state index contributed by atoms with van der Waals surface area (Å²) in [4.78, 5) is 12.5. The van der Waals surface area contributed by atoms with Crippen LogP contribution in [-0.4, -0.2) is 22.4 Å². The van der Waals surface area contributed by atoms with E-state index in [4.69, 9.17) is 32.7 Å². The molecule has 0 saturated heterocycles. The average Bonchev–Trinajstić information content (AvgIpc) is 3.08. The molecular formula is C20H18Cl2N2O3. The van der Waals surface area contributed by atoms with Gasteiger partial charge in [-0.2, -0.15) is 5.10 Å². The van der Waals surface area contributed by atoms with Gasteiger partial charge >= 0.3 is 5.97 Å². The van der Waals surface area contributed by atoms with E-state index < -0.39 is 12.1 Å². The Morgan fingerprint density at radius 3 is 2.44 bits per heavy atom. The van der Waals surface area contributed by atoms with E-state index >= 15 is 0 Å². The van der Waals surface area contributed by atoms with E-state index in [0.29, 0.717) is 32.6 Å². The van der Waals surface area contributed by atoms with Gasteiger partial charge in [0.25, 0.3) is 0 Å². The second-order valence-corrected chi connectivity index (χ2v) is 6.69. The van der Waals surface area contributed by atoms with Gasteiger partial charge in [0, 0.05) is 34.4 Å². The lowest BCUT2D eigenvalue weighted by atomic mass is 10.1. The molecule has 0 aliphatic carbocycles. The lowest BCUT2D eigenvalue weighted by Crippen LogP contribution is -2.21. The molecule has 140 valence electrons. The molecule has 1 atom stereocenters. The molecule has 0 saturated carbocycles. The van der Waals surface area contributed by atoms with Crippen LogP contribution in [0.15, 0.2) is 54.7 Å². The van der Waals surface area contributed by atoms with Gasteiger partial charge in [0.2, 0.25) is 6.10 Å². The fourth-order valence-electron chi connectivity index (χ4n) is 2.60. The van der Waals surface area contributed by atoms with Crippen LogP contribution in [-0.2, 0) is 16.6 Å². The van der Waals surface area contributed by atoms with Gasteiger partial charge in [0.1, 0.15) is 5.75 Å². The van der Waals surface area contributed by atoms with Crippen LogP contribution in [0.2, 0.25) is 10.0 Å². The molecule has 0 amide bonds. The second kappa shape index (κ2) is 8.46. The van der Waals surface area contributed by atoms with Crippen molar-refractivity contribution >= 4 is 29.2 Å².